The van der Waals surface area contributed by atoms with Gasteiger partial charge in [0.15, 0.2) is 11.5 Å². The Morgan fingerprint density at radius 2 is 1.89 bits per heavy atom. The van der Waals surface area contributed by atoms with Crippen LogP contribution in [0.15, 0.2) is 36.5 Å². The summed E-state index contributed by atoms with van der Waals surface area (Å²) in [5, 5.41) is 0. The van der Waals surface area contributed by atoms with Crippen LogP contribution < -0.4 is 9.47 Å². The van der Waals surface area contributed by atoms with Gasteiger partial charge in [0.1, 0.15) is 18.9 Å². The summed E-state index contributed by atoms with van der Waals surface area (Å²) in [6.07, 6.45) is 6.31. The molecule has 1 unspecified atom stereocenters. The van der Waals surface area contributed by atoms with Crippen molar-refractivity contribution in [2.75, 3.05) is 19.8 Å². The van der Waals surface area contributed by atoms with Crippen molar-refractivity contribution in [2.45, 2.75) is 44.1 Å². The highest BCUT2D eigenvalue weighted by atomic mass is 16.6. The van der Waals surface area contributed by atoms with E-state index in [4.69, 9.17) is 9.47 Å². The van der Waals surface area contributed by atoms with Gasteiger partial charge in [-0.3, -0.25) is 9.78 Å². The van der Waals surface area contributed by atoms with Gasteiger partial charge in [0, 0.05) is 18.2 Å². The van der Waals surface area contributed by atoms with E-state index in [1.165, 1.54) is 24.0 Å². The SMILES string of the molecule is CC1c2cc3c(cc2C2(CCCC2)CN1C(=O)c1ccccn1)OCCO3. The lowest BCUT2D eigenvalue weighted by Gasteiger charge is -2.46. The number of rotatable bonds is 1. The first-order valence-corrected chi connectivity index (χ1v) is 9.84. The number of hydrogen-bond donors (Lipinski definition) is 0. The van der Waals surface area contributed by atoms with Gasteiger partial charge in [-0.25, -0.2) is 0 Å². The van der Waals surface area contributed by atoms with E-state index in [9.17, 15) is 4.79 Å². The Morgan fingerprint density at radius 1 is 1.15 bits per heavy atom. The molecule has 0 N–H and O–H groups in total. The number of aromatic nitrogens is 1. The Bertz CT molecular complexity index is 875. The van der Waals surface area contributed by atoms with Crippen molar-refractivity contribution in [3.8, 4) is 11.5 Å². The average Bonchev–Trinajstić information content (AvgIpc) is 3.19. The molecule has 0 saturated heterocycles. The third-order valence-electron chi connectivity index (χ3n) is 6.38. The van der Waals surface area contributed by atoms with Crippen LogP contribution in [0.4, 0.5) is 0 Å². The van der Waals surface area contributed by atoms with E-state index in [0.717, 1.165) is 30.9 Å². The van der Waals surface area contributed by atoms with Gasteiger partial charge in [-0.05, 0) is 55.2 Å². The van der Waals surface area contributed by atoms with Gasteiger partial charge in [0.05, 0.1) is 6.04 Å². The maximum absolute atomic E-state index is 13.3. The normalized spacial score (nSPS) is 22.6. The van der Waals surface area contributed by atoms with Crippen molar-refractivity contribution in [3.63, 3.8) is 0 Å². The number of pyridine rings is 1. The van der Waals surface area contributed by atoms with Crippen molar-refractivity contribution in [3.05, 3.63) is 53.3 Å². The van der Waals surface area contributed by atoms with Crippen LogP contribution >= 0.6 is 0 Å². The van der Waals surface area contributed by atoms with Crippen molar-refractivity contribution >= 4 is 5.91 Å². The Balaban J connectivity index is 1.61. The predicted molar refractivity (Wildman–Crippen MR) is 101 cm³/mol. The summed E-state index contributed by atoms with van der Waals surface area (Å²) in [7, 11) is 0. The smallest absolute Gasteiger partial charge is 0.272 e. The summed E-state index contributed by atoms with van der Waals surface area (Å²) in [5.41, 5.74) is 3.07. The van der Waals surface area contributed by atoms with E-state index in [1.54, 1.807) is 12.3 Å². The van der Waals surface area contributed by atoms with Crippen LogP contribution in [0, 0.1) is 0 Å². The Morgan fingerprint density at radius 3 is 2.59 bits per heavy atom. The van der Waals surface area contributed by atoms with Crippen LogP contribution in [0.3, 0.4) is 0 Å². The van der Waals surface area contributed by atoms with Crippen LogP contribution in [-0.2, 0) is 5.41 Å². The third-order valence-corrected chi connectivity index (χ3v) is 6.38. The lowest BCUT2D eigenvalue weighted by atomic mass is 9.71. The van der Waals surface area contributed by atoms with E-state index in [0.29, 0.717) is 18.9 Å². The van der Waals surface area contributed by atoms with Crippen LogP contribution in [0.1, 0.15) is 60.3 Å². The molecular weight excluding hydrogens is 340 g/mol. The van der Waals surface area contributed by atoms with E-state index < -0.39 is 0 Å². The number of fused-ring (bicyclic) bond motifs is 3. The van der Waals surface area contributed by atoms with Gasteiger partial charge >= 0.3 is 0 Å². The zero-order chi connectivity index (χ0) is 18.4. The minimum Gasteiger partial charge on any atom is -0.486 e. The molecule has 3 aliphatic rings. The molecule has 1 aliphatic carbocycles. The van der Waals surface area contributed by atoms with Crippen LogP contribution in [-0.4, -0.2) is 35.5 Å². The molecular formula is C22H24N2O3. The number of carbonyl (C=O) groups excluding carboxylic acids is 1. The van der Waals surface area contributed by atoms with Crippen LogP contribution in [0.2, 0.25) is 0 Å². The molecule has 1 amide bonds. The van der Waals surface area contributed by atoms with Crippen molar-refractivity contribution in [1.82, 2.24) is 9.88 Å². The number of hydrogen-bond acceptors (Lipinski definition) is 4. The number of carbonyl (C=O) groups is 1. The molecule has 0 radical (unpaired) electrons. The molecule has 1 atom stereocenters. The van der Waals surface area contributed by atoms with Crippen molar-refractivity contribution in [2.24, 2.45) is 0 Å². The molecule has 2 aliphatic heterocycles. The summed E-state index contributed by atoms with van der Waals surface area (Å²) >= 11 is 0. The summed E-state index contributed by atoms with van der Waals surface area (Å²) in [6, 6.07) is 9.79. The standard InChI is InChI=1S/C22H24N2O3/c1-15-16-12-19-20(27-11-10-26-19)13-17(16)22(7-3-4-8-22)14-24(15)21(25)18-6-2-5-9-23-18/h2,5-6,9,12-13,15H,3-4,7-8,10-11,14H2,1H3. The second-order valence-electron chi connectivity index (χ2n) is 7.89. The van der Waals surface area contributed by atoms with Crippen molar-refractivity contribution < 1.29 is 14.3 Å². The van der Waals surface area contributed by atoms with Gasteiger partial charge in [0.2, 0.25) is 0 Å². The fourth-order valence-corrected chi connectivity index (χ4v) is 4.99. The molecule has 0 bridgehead atoms. The maximum atomic E-state index is 13.3. The first-order chi connectivity index (χ1) is 13.2. The summed E-state index contributed by atoms with van der Waals surface area (Å²) in [6.45, 7) is 4.02. The molecule has 1 aromatic carbocycles. The van der Waals surface area contributed by atoms with Crippen LogP contribution in [0.5, 0.6) is 11.5 Å². The third kappa shape index (κ3) is 2.59. The van der Waals surface area contributed by atoms with Crippen LogP contribution in [0.25, 0.3) is 0 Å². The topological polar surface area (TPSA) is 51.7 Å². The second kappa shape index (κ2) is 6.25. The number of amides is 1. The monoisotopic (exact) mass is 364 g/mol. The Labute approximate surface area is 159 Å². The summed E-state index contributed by atoms with van der Waals surface area (Å²) < 4.78 is 11.7. The number of nitrogens with zero attached hydrogens (tertiary/aromatic N) is 2. The van der Waals surface area contributed by atoms with Gasteiger partial charge in [-0.1, -0.05) is 18.9 Å². The average molecular weight is 364 g/mol. The van der Waals surface area contributed by atoms with E-state index in [-0.39, 0.29) is 17.4 Å². The fourth-order valence-electron chi connectivity index (χ4n) is 4.99. The molecule has 5 heteroatoms. The van der Waals surface area contributed by atoms with E-state index in [1.807, 2.05) is 17.0 Å². The zero-order valence-corrected chi connectivity index (χ0v) is 15.6. The maximum Gasteiger partial charge on any atom is 0.272 e. The fraction of sp³-hybridized carbons (Fsp3) is 0.455. The molecule has 3 heterocycles. The molecule has 27 heavy (non-hydrogen) atoms. The molecule has 1 spiro atoms. The Kier molecular flexibility index (Phi) is 3.85. The molecule has 2 aromatic rings. The zero-order valence-electron chi connectivity index (χ0n) is 15.6. The first kappa shape index (κ1) is 16.6. The quantitative estimate of drug-likeness (QED) is 0.770. The second-order valence-corrected chi connectivity index (χ2v) is 7.89. The molecule has 5 rings (SSSR count). The highest BCUT2D eigenvalue weighted by Gasteiger charge is 2.46. The number of benzene rings is 1. The molecule has 1 fully saturated rings. The molecule has 140 valence electrons. The van der Waals surface area contributed by atoms with Gasteiger partial charge in [-0.15, -0.1) is 0 Å². The lowest BCUT2D eigenvalue weighted by molar-refractivity contribution is 0.0587. The Hall–Kier alpha value is -2.56. The highest BCUT2D eigenvalue weighted by Crippen LogP contribution is 2.52. The molecule has 1 aromatic heterocycles. The van der Waals surface area contributed by atoms with E-state index >= 15 is 0 Å². The van der Waals surface area contributed by atoms with E-state index in [2.05, 4.69) is 24.0 Å². The van der Waals surface area contributed by atoms with Gasteiger partial charge in [0.25, 0.3) is 5.91 Å². The van der Waals surface area contributed by atoms with Crippen molar-refractivity contribution in [1.29, 1.82) is 0 Å². The largest absolute Gasteiger partial charge is 0.486 e. The highest BCUT2D eigenvalue weighted by molar-refractivity contribution is 5.93. The predicted octanol–water partition coefficient (Wildman–Crippen LogP) is 3.88. The minimum absolute atomic E-state index is 0.00918. The lowest BCUT2D eigenvalue weighted by Crippen LogP contribution is -2.48. The minimum atomic E-state index is -0.0171. The molecule has 5 nitrogen and oxygen atoms in total. The molecule has 1 saturated carbocycles. The number of ether oxygens (including phenoxy) is 2. The summed E-state index contributed by atoms with van der Waals surface area (Å²) in [4.78, 5) is 19.6. The summed E-state index contributed by atoms with van der Waals surface area (Å²) in [5.74, 6) is 1.66. The van der Waals surface area contributed by atoms with Gasteiger partial charge in [-0.2, -0.15) is 0 Å². The first-order valence-electron chi connectivity index (χ1n) is 9.84. The van der Waals surface area contributed by atoms with Gasteiger partial charge < -0.3 is 14.4 Å².